The molecule has 2 heterocycles. The predicted octanol–water partition coefficient (Wildman–Crippen LogP) is 5.17. The summed E-state index contributed by atoms with van der Waals surface area (Å²) < 4.78 is 13.8. The SMILES string of the molecule is COCCCO[C@H]1CCCC[C@@H]1n1cnc(C(=O)N2CCNC[C@H]2Cc2ccccc2)c1-c1ccccc1.Cl. The van der Waals surface area contributed by atoms with Crippen LogP contribution in [0.1, 0.15) is 54.2 Å². The van der Waals surface area contributed by atoms with E-state index in [9.17, 15) is 4.79 Å². The summed E-state index contributed by atoms with van der Waals surface area (Å²) in [6, 6.07) is 20.9. The Morgan fingerprint density at radius 3 is 2.54 bits per heavy atom. The summed E-state index contributed by atoms with van der Waals surface area (Å²) >= 11 is 0. The molecule has 7 nitrogen and oxygen atoms in total. The van der Waals surface area contributed by atoms with Crippen LogP contribution in [0.3, 0.4) is 0 Å². The minimum absolute atomic E-state index is 0. The Bertz CT molecular complexity index is 1160. The topological polar surface area (TPSA) is 68.6 Å². The molecule has 2 aromatic carbocycles. The second-order valence-electron chi connectivity index (χ2n) is 10.4. The third-order valence-corrected chi connectivity index (χ3v) is 7.82. The molecular weight excluding hydrogens is 512 g/mol. The molecule has 1 saturated heterocycles. The molecule has 1 amide bonds. The van der Waals surface area contributed by atoms with Crippen molar-refractivity contribution in [3.05, 3.63) is 78.2 Å². The van der Waals surface area contributed by atoms with Crippen molar-refractivity contribution in [1.82, 2.24) is 19.8 Å². The number of piperazine rings is 1. The molecule has 1 aliphatic heterocycles. The average molecular weight is 553 g/mol. The lowest BCUT2D eigenvalue weighted by atomic mass is 9.91. The van der Waals surface area contributed by atoms with E-state index in [4.69, 9.17) is 14.5 Å². The van der Waals surface area contributed by atoms with Crippen molar-refractivity contribution < 1.29 is 14.3 Å². The van der Waals surface area contributed by atoms with Crippen molar-refractivity contribution >= 4 is 18.3 Å². The molecule has 1 aliphatic carbocycles. The third-order valence-electron chi connectivity index (χ3n) is 7.82. The number of hydrogen-bond acceptors (Lipinski definition) is 5. The molecule has 210 valence electrons. The summed E-state index contributed by atoms with van der Waals surface area (Å²) in [5.41, 5.74) is 3.71. The van der Waals surface area contributed by atoms with Crippen LogP contribution in [-0.2, 0) is 15.9 Å². The first-order chi connectivity index (χ1) is 18.8. The molecule has 1 N–H and O–H groups in total. The van der Waals surface area contributed by atoms with Gasteiger partial charge in [0.2, 0.25) is 0 Å². The first-order valence-corrected chi connectivity index (χ1v) is 14.0. The van der Waals surface area contributed by atoms with E-state index in [1.54, 1.807) is 7.11 Å². The largest absolute Gasteiger partial charge is 0.385 e. The monoisotopic (exact) mass is 552 g/mol. The number of nitrogens with one attached hydrogen (secondary N) is 1. The molecule has 0 bridgehead atoms. The van der Waals surface area contributed by atoms with Crippen LogP contribution in [0.4, 0.5) is 0 Å². The minimum atomic E-state index is 0. The van der Waals surface area contributed by atoms with Gasteiger partial charge in [0.25, 0.3) is 5.91 Å². The highest BCUT2D eigenvalue weighted by molar-refractivity contribution is 5.98. The van der Waals surface area contributed by atoms with Crippen LogP contribution in [-0.4, -0.2) is 72.5 Å². The fraction of sp³-hybridized carbons (Fsp3) is 0.484. The van der Waals surface area contributed by atoms with Gasteiger partial charge in [-0.15, -0.1) is 12.4 Å². The number of amides is 1. The Hall–Kier alpha value is -2.71. The van der Waals surface area contributed by atoms with Crippen LogP contribution in [0.15, 0.2) is 67.0 Å². The van der Waals surface area contributed by atoms with Crippen LogP contribution >= 0.6 is 12.4 Å². The molecule has 8 heteroatoms. The molecule has 3 atom stereocenters. The second kappa shape index (κ2) is 14.6. The molecule has 5 rings (SSSR count). The number of halogens is 1. The van der Waals surface area contributed by atoms with Gasteiger partial charge < -0.3 is 24.3 Å². The molecule has 0 spiro atoms. The van der Waals surface area contributed by atoms with Crippen LogP contribution in [0.25, 0.3) is 11.3 Å². The second-order valence-corrected chi connectivity index (χ2v) is 10.4. The lowest BCUT2D eigenvalue weighted by Gasteiger charge is -2.36. The van der Waals surface area contributed by atoms with E-state index in [1.807, 2.05) is 35.5 Å². The lowest BCUT2D eigenvalue weighted by Crippen LogP contribution is -2.54. The number of aromatic nitrogens is 2. The number of ether oxygens (including phenoxy) is 2. The first-order valence-electron chi connectivity index (χ1n) is 14.0. The van der Waals surface area contributed by atoms with Crippen molar-refractivity contribution in [2.75, 3.05) is 40.0 Å². The quantitative estimate of drug-likeness (QED) is 0.352. The first kappa shape index (κ1) is 29.3. The highest BCUT2D eigenvalue weighted by atomic mass is 35.5. The van der Waals surface area contributed by atoms with Crippen molar-refractivity contribution in [3.63, 3.8) is 0 Å². The average Bonchev–Trinajstić information content (AvgIpc) is 3.42. The van der Waals surface area contributed by atoms with E-state index < -0.39 is 0 Å². The number of nitrogens with zero attached hydrogens (tertiary/aromatic N) is 3. The number of carbonyl (C=O) groups is 1. The molecule has 0 radical (unpaired) electrons. The molecule has 3 aromatic rings. The fourth-order valence-corrected chi connectivity index (χ4v) is 5.91. The van der Waals surface area contributed by atoms with E-state index in [1.165, 1.54) is 5.56 Å². The van der Waals surface area contributed by atoms with Gasteiger partial charge in [0.05, 0.1) is 24.2 Å². The fourth-order valence-electron chi connectivity index (χ4n) is 5.91. The van der Waals surface area contributed by atoms with Gasteiger partial charge in [-0.3, -0.25) is 4.79 Å². The smallest absolute Gasteiger partial charge is 0.275 e. The molecule has 1 aromatic heterocycles. The Kier molecular flexibility index (Phi) is 11.0. The van der Waals surface area contributed by atoms with Crippen molar-refractivity contribution in [1.29, 1.82) is 0 Å². The number of imidazole rings is 1. The summed E-state index contributed by atoms with van der Waals surface area (Å²) in [6.07, 6.45) is 8.03. The predicted molar refractivity (Wildman–Crippen MR) is 156 cm³/mol. The summed E-state index contributed by atoms with van der Waals surface area (Å²) in [6.45, 7) is 3.62. The third kappa shape index (κ3) is 7.09. The van der Waals surface area contributed by atoms with Crippen LogP contribution in [0, 0.1) is 0 Å². The molecular formula is C31H41ClN4O3. The Morgan fingerprint density at radius 2 is 1.77 bits per heavy atom. The van der Waals surface area contributed by atoms with Crippen LogP contribution < -0.4 is 5.32 Å². The highest BCUT2D eigenvalue weighted by Crippen LogP contribution is 2.36. The molecule has 39 heavy (non-hydrogen) atoms. The Balaban J connectivity index is 0.00000353. The summed E-state index contributed by atoms with van der Waals surface area (Å²) in [5.74, 6) is 0.0124. The van der Waals surface area contributed by atoms with Crippen molar-refractivity contribution in [2.24, 2.45) is 0 Å². The van der Waals surface area contributed by atoms with Gasteiger partial charge in [0.15, 0.2) is 5.69 Å². The zero-order chi connectivity index (χ0) is 26.2. The van der Waals surface area contributed by atoms with Crippen LogP contribution in [0.5, 0.6) is 0 Å². The maximum atomic E-state index is 14.2. The van der Waals surface area contributed by atoms with E-state index in [0.29, 0.717) is 25.5 Å². The number of carbonyl (C=O) groups excluding carboxylic acids is 1. The van der Waals surface area contributed by atoms with Crippen molar-refractivity contribution in [2.45, 2.75) is 56.7 Å². The van der Waals surface area contributed by atoms with Gasteiger partial charge in [-0.25, -0.2) is 4.98 Å². The Morgan fingerprint density at radius 1 is 1.03 bits per heavy atom. The molecule has 2 fully saturated rings. The van der Waals surface area contributed by atoms with Gasteiger partial charge in [-0.1, -0.05) is 73.5 Å². The van der Waals surface area contributed by atoms with Crippen molar-refractivity contribution in [3.8, 4) is 11.3 Å². The number of benzene rings is 2. The summed E-state index contributed by atoms with van der Waals surface area (Å²) in [7, 11) is 1.72. The van der Waals surface area contributed by atoms with Gasteiger partial charge in [-0.2, -0.15) is 0 Å². The number of hydrogen-bond donors (Lipinski definition) is 1. The summed E-state index contributed by atoms with van der Waals surface area (Å²) in [5, 5.41) is 3.48. The number of rotatable bonds is 10. The normalized spacial score (nSPS) is 21.4. The molecule has 2 aliphatic rings. The van der Waals surface area contributed by atoms with E-state index >= 15 is 0 Å². The zero-order valence-electron chi connectivity index (χ0n) is 22.8. The van der Waals surface area contributed by atoms with Gasteiger partial charge >= 0.3 is 0 Å². The minimum Gasteiger partial charge on any atom is -0.385 e. The standard InChI is InChI=1S/C31H40N4O3.ClH/c1-37-19-10-20-38-28-16-9-8-15-27(28)35-23-33-29(30(35)25-13-6-3-7-14-25)31(36)34-18-17-32-22-26(34)21-24-11-4-2-5-12-24;/h2-7,11-14,23,26-28,32H,8-10,15-22H2,1H3;1H/t26-,27+,28+;/m1./s1. The lowest BCUT2D eigenvalue weighted by molar-refractivity contribution is -0.0125. The summed E-state index contributed by atoms with van der Waals surface area (Å²) in [4.78, 5) is 21.0. The zero-order valence-corrected chi connectivity index (χ0v) is 23.7. The van der Waals surface area contributed by atoms with Crippen LogP contribution in [0.2, 0.25) is 0 Å². The molecule has 1 saturated carbocycles. The molecule has 0 unspecified atom stereocenters. The van der Waals surface area contributed by atoms with Gasteiger partial charge in [-0.05, 0) is 31.2 Å². The van der Waals surface area contributed by atoms with E-state index in [0.717, 1.165) is 62.9 Å². The Labute approximate surface area is 238 Å². The maximum absolute atomic E-state index is 14.2. The highest BCUT2D eigenvalue weighted by Gasteiger charge is 2.34. The maximum Gasteiger partial charge on any atom is 0.275 e. The van der Waals surface area contributed by atoms with E-state index in [2.05, 4.69) is 46.3 Å². The van der Waals surface area contributed by atoms with Gasteiger partial charge in [0.1, 0.15) is 0 Å². The number of methoxy groups -OCH3 is 1. The van der Waals surface area contributed by atoms with E-state index in [-0.39, 0.29) is 36.5 Å². The van der Waals surface area contributed by atoms with Gasteiger partial charge in [0, 0.05) is 51.6 Å².